The van der Waals surface area contributed by atoms with Crippen LogP contribution in [0, 0.1) is 13.8 Å². The zero-order valence-corrected chi connectivity index (χ0v) is 16.7. The Hall–Kier alpha value is -2.86. The van der Waals surface area contributed by atoms with Crippen molar-refractivity contribution in [3.63, 3.8) is 0 Å². The van der Waals surface area contributed by atoms with Crippen LogP contribution in [-0.2, 0) is 4.79 Å². The highest BCUT2D eigenvalue weighted by molar-refractivity contribution is 5.97. The normalized spacial score (nSPS) is 15.8. The summed E-state index contributed by atoms with van der Waals surface area (Å²) in [6, 6.07) is 15.0. The van der Waals surface area contributed by atoms with Gasteiger partial charge in [0.2, 0.25) is 5.91 Å². The van der Waals surface area contributed by atoms with E-state index in [1.54, 1.807) is 0 Å². The van der Waals surface area contributed by atoms with E-state index >= 15 is 0 Å². The highest BCUT2D eigenvalue weighted by Crippen LogP contribution is 2.27. The van der Waals surface area contributed by atoms with E-state index in [-0.39, 0.29) is 5.91 Å². The zero-order chi connectivity index (χ0) is 20.1. The molecule has 6 nitrogen and oxygen atoms in total. The van der Waals surface area contributed by atoms with E-state index in [0.29, 0.717) is 0 Å². The van der Waals surface area contributed by atoms with Crippen molar-refractivity contribution in [2.45, 2.75) is 19.9 Å². The second kappa shape index (κ2) is 8.89. The quantitative estimate of drug-likeness (QED) is 0.856. The molecular weight excluding hydrogens is 352 g/mol. The van der Waals surface area contributed by atoms with Crippen molar-refractivity contribution in [3.05, 3.63) is 65.2 Å². The van der Waals surface area contributed by atoms with E-state index in [1.165, 1.54) is 23.9 Å². The molecule has 2 aromatic carbocycles. The summed E-state index contributed by atoms with van der Waals surface area (Å²) in [4.78, 5) is 29.0. The Morgan fingerprint density at radius 2 is 1.61 bits per heavy atom. The molecule has 148 valence electrons. The predicted molar refractivity (Wildman–Crippen MR) is 111 cm³/mol. The summed E-state index contributed by atoms with van der Waals surface area (Å²) in [5.74, 6) is -0.300. The number of piperazine rings is 1. The molecule has 0 aromatic heterocycles. The lowest BCUT2D eigenvalue weighted by atomic mass is 10.0. The second-order valence-corrected chi connectivity index (χ2v) is 7.12. The van der Waals surface area contributed by atoms with Gasteiger partial charge in [-0.3, -0.25) is 15.0 Å². The number of nitrogens with zero attached hydrogens (tertiary/aromatic N) is 2. The first-order valence-corrected chi connectivity index (χ1v) is 9.64. The number of amides is 3. The van der Waals surface area contributed by atoms with Gasteiger partial charge >= 0.3 is 6.03 Å². The fourth-order valence-electron chi connectivity index (χ4n) is 3.71. The fourth-order valence-corrected chi connectivity index (χ4v) is 3.71. The smallest absolute Gasteiger partial charge is 0.321 e. The van der Waals surface area contributed by atoms with Crippen molar-refractivity contribution < 1.29 is 9.59 Å². The van der Waals surface area contributed by atoms with Crippen LogP contribution in [0.25, 0.3) is 0 Å². The third-order valence-corrected chi connectivity index (χ3v) is 5.42. The summed E-state index contributed by atoms with van der Waals surface area (Å²) < 4.78 is 0. The summed E-state index contributed by atoms with van der Waals surface area (Å²) in [6.45, 7) is 7.44. The molecule has 0 spiro atoms. The number of imide groups is 1. The minimum absolute atomic E-state index is 0.300. The molecule has 0 aliphatic carbocycles. The molecule has 1 heterocycles. The minimum atomic E-state index is -0.487. The van der Waals surface area contributed by atoms with Crippen molar-refractivity contribution in [1.29, 1.82) is 0 Å². The van der Waals surface area contributed by atoms with E-state index in [0.717, 1.165) is 31.7 Å². The SMILES string of the molecule is CNC(=O)NC(=O)C(c1ccccc1)N1CCN(c2cccc(C)c2C)CC1. The summed E-state index contributed by atoms with van der Waals surface area (Å²) >= 11 is 0. The number of anilines is 1. The monoisotopic (exact) mass is 380 g/mol. The topological polar surface area (TPSA) is 64.7 Å². The average molecular weight is 380 g/mol. The van der Waals surface area contributed by atoms with Crippen molar-refractivity contribution in [2.24, 2.45) is 0 Å². The van der Waals surface area contributed by atoms with Crippen LogP contribution in [-0.4, -0.2) is 50.1 Å². The van der Waals surface area contributed by atoms with Gasteiger partial charge in [-0.1, -0.05) is 42.5 Å². The third kappa shape index (κ3) is 4.34. The molecule has 1 saturated heterocycles. The Labute approximate surface area is 166 Å². The Morgan fingerprint density at radius 1 is 0.929 bits per heavy atom. The highest BCUT2D eigenvalue weighted by atomic mass is 16.2. The minimum Gasteiger partial charge on any atom is -0.369 e. The molecular formula is C22H28N4O2. The maximum Gasteiger partial charge on any atom is 0.321 e. The number of hydrogen-bond donors (Lipinski definition) is 2. The number of benzene rings is 2. The van der Waals surface area contributed by atoms with Crippen LogP contribution >= 0.6 is 0 Å². The van der Waals surface area contributed by atoms with Crippen LogP contribution in [0.3, 0.4) is 0 Å². The Kier molecular flexibility index (Phi) is 6.31. The summed E-state index contributed by atoms with van der Waals surface area (Å²) in [7, 11) is 1.50. The van der Waals surface area contributed by atoms with Gasteiger partial charge in [0.05, 0.1) is 0 Å². The molecule has 2 aromatic rings. The zero-order valence-electron chi connectivity index (χ0n) is 16.7. The number of aryl methyl sites for hydroxylation is 1. The van der Waals surface area contributed by atoms with E-state index in [2.05, 4.69) is 52.5 Å². The Morgan fingerprint density at radius 3 is 2.25 bits per heavy atom. The average Bonchev–Trinajstić information content (AvgIpc) is 2.71. The van der Waals surface area contributed by atoms with Crippen LogP contribution in [0.2, 0.25) is 0 Å². The van der Waals surface area contributed by atoms with Crippen LogP contribution in [0.5, 0.6) is 0 Å². The molecule has 1 aliphatic heterocycles. The molecule has 1 atom stereocenters. The molecule has 6 heteroatoms. The Balaban J connectivity index is 1.76. The largest absolute Gasteiger partial charge is 0.369 e. The van der Waals surface area contributed by atoms with Crippen LogP contribution in [0.1, 0.15) is 22.7 Å². The predicted octanol–water partition coefficient (Wildman–Crippen LogP) is 2.62. The van der Waals surface area contributed by atoms with Gasteiger partial charge in [-0.15, -0.1) is 0 Å². The summed E-state index contributed by atoms with van der Waals surface area (Å²) in [6.07, 6.45) is 0. The van der Waals surface area contributed by atoms with Gasteiger partial charge in [0.1, 0.15) is 6.04 Å². The third-order valence-electron chi connectivity index (χ3n) is 5.42. The van der Waals surface area contributed by atoms with Crippen molar-refractivity contribution in [2.75, 3.05) is 38.1 Å². The standard InChI is InChI=1S/C22H28N4O2/c1-16-8-7-11-19(17(16)2)25-12-14-26(15-13-25)20(18-9-5-4-6-10-18)21(27)24-22(28)23-3/h4-11,20H,12-15H2,1-3H3,(H2,23,24,27,28). The molecule has 1 aliphatic rings. The first kappa shape index (κ1) is 19.9. The van der Waals surface area contributed by atoms with Gasteiger partial charge in [0.25, 0.3) is 0 Å². The van der Waals surface area contributed by atoms with Gasteiger partial charge in [0.15, 0.2) is 0 Å². The molecule has 3 amide bonds. The number of carbonyl (C=O) groups is 2. The maximum atomic E-state index is 12.8. The van der Waals surface area contributed by atoms with Crippen molar-refractivity contribution >= 4 is 17.6 Å². The Bertz CT molecular complexity index is 830. The van der Waals surface area contributed by atoms with E-state index in [9.17, 15) is 9.59 Å². The molecule has 2 N–H and O–H groups in total. The maximum absolute atomic E-state index is 12.8. The highest BCUT2D eigenvalue weighted by Gasteiger charge is 2.31. The van der Waals surface area contributed by atoms with Gasteiger partial charge < -0.3 is 10.2 Å². The van der Waals surface area contributed by atoms with Crippen LogP contribution in [0.15, 0.2) is 48.5 Å². The van der Waals surface area contributed by atoms with Gasteiger partial charge in [0, 0.05) is 38.9 Å². The van der Waals surface area contributed by atoms with E-state index in [4.69, 9.17) is 0 Å². The van der Waals surface area contributed by atoms with Gasteiger partial charge in [-0.25, -0.2) is 4.79 Å². The molecule has 0 saturated carbocycles. The first-order chi connectivity index (χ1) is 13.5. The van der Waals surface area contributed by atoms with Gasteiger partial charge in [-0.05, 0) is 36.6 Å². The molecule has 3 rings (SSSR count). The molecule has 1 unspecified atom stereocenters. The summed E-state index contributed by atoms with van der Waals surface area (Å²) in [5, 5.41) is 4.89. The number of rotatable bonds is 4. The number of hydrogen-bond acceptors (Lipinski definition) is 4. The molecule has 1 fully saturated rings. The number of urea groups is 1. The molecule has 0 bridgehead atoms. The fraction of sp³-hybridized carbons (Fsp3) is 0.364. The van der Waals surface area contributed by atoms with Crippen molar-refractivity contribution in [1.82, 2.24) is 15.5 Å². The van der Waals surface area contributed by atoms with Crippen LogP contribution in [0.4, 0.5) is 10.5 Å². The van der Waals surface area contributed by atoms with Crippen LogP contribution < -0.4 is 15.5 Å². The lowest BCUT2D eigenvalue weighted by molar-refractivity contribution is -0.125. The molecule has 28 heavy (non-hydrogen) atoms. The lowest BCUT2D eigenvalue weighted by Gasteiger charge is -2.40. The van der Waals surface area contributed by atoms with Crippen molar-refractivity contribution in [3.8, 4) is 0 Å². The molecule has 0 radical (unpaired) electrons. The second-order valence-electron chi connectivity index (χ2n) is 7.12. The lowest BCUT2D eigenvalue weighted by Crippen LogP contribution is -2.52. The number of nitrogens with one attached hydrogen (secondary N) is 2. The van der Waals surface area contributed by atoms with Gasteiger partial charge in [-0.2, -0.15) is 0 Å². The number of carbonyl (C=O) groups excluding carboxylic acids is 2. The van der Waals surface area contributed by atoms with E-state index in [1.807, 2.05) is 30.3 Å². The van der Waals surface area contributed by atoms with E-state index < -0.39 is 12.1 Å². The first-order valence-electron chi connectivity index (χ1n) is 9.64. The summed E-state index contributed by atoms with van der Waals surface area (Å²) in [5.41, 5.74) is 4.73.